The van der Waals surface area contributed by atoms with Gasteiger partial charge in [0, 0.05) is 0 Å². The average molecular weight is 320 g/mol. The molecule has 0 fully saturated rings. The third-order valence-corrected chi connectivity index (χ3v) is 3.28. The Labute approximate surface area is 133 Å². The summed E-state index contributed by atoms with van der Waals surface area (Å²) in [7, 11) is 4.29. The highest BCUT2D eigenvalue weighted by molar-refractivity contribution is 5.95. The smallest absolute Gasteiger partial charge is 0.347 e. The molecule has 0 radical (unpaired) electrons. The number of ether oxygens (including phenoxy) is 4. The maximum Gasteiger partial charge on any atom is 0.347 e. The molecule has 5 nitrogen and oxygen atoms in total. The molecule has 0 spiro atoms. The van der Waals surface area contributed by atoms with Crippen molar-refractivity contribution in [3.8, 4) is 23.0 Å². The van der Waals surface area contributed by atoms with Gasteiger partial charge in [-0.2, -0.15) is 0 Å². The molecule has 0 aromatic heterocycles. The van der Waals surface area contributed by atoms with Crippen LogP contribution in [0.2, 0.25) is 0 Å². The van der Waals surface area contributed by atoms with Crippen molar-refractivity contribution in [2.24, 2.45) is 0 Å². The van der Waals surface area contributed by atoms with Crippen LogP contribution in [0.3, 0.4) is 0 Å². The second-order valence-corrected chi connectivity index (χ2v) is 4.66. The predicted octanol–water partition coefficient (Wildman–Crippen LogP) is 3.38. The summed E-state index contributed by atoms with van der Waals surface area (Å²) < 4.78 is 34.7. The number of hydrogen-bond acceptors (Lipinski definition) is 5. The standard InChI is InChI=1S/C17H17FO5/c1-10-6-5-7-12(14(10)18)23-17(19)11-8-9-13(20-2)16(22-4)15(11)21-3/h5-9H,1-4H3. The Hall–Kier alpha value is -2.76. The van der Waals surface area contributed by atoms with E-state index in [1.165, 1.54) is 33.5 Å². The van der Waals surface area contributed by atoms with Crippen molar-refractivity contribution in [3.63, 3.8) is 0 Å². The van der Waals surface area contributed by atoms with Crippen LogP contribution in [-0.4, -0.2) is 27.3 Å². The molecule has 2 aromatic rings. The van der Waals surface area contributed by atoms with Crippen molar-refractivity contribution < 1.29 is 28.1 Å². The van der Waals surface area contributed by atoms with Crippen molar-refractivity contribution in [2.75, 3.05) is 21.3 Å². The minimum Gasteiger partial charge on any atom is -0.493 e. The number of benzene rings is 2. The summed E-state index contributed by atoms with van der Waals surface area (Å²) in [6.07, 6.45) is 0. The maximum atomic E-state index is 14.0. The molecule has 0 unspecified atom stereocenters. The third-order valence-electron chi connectivity index (χ3n) is 3.28. The predicted molar refractivity (Wildman–Crippen MR) is 82.2 cm³/mol. The molecule has 0 aliphatic rings. The number of halogens is 1. The molecule has 0 aliphatic heterocycles. The number of hydrogen-bond donors (Lipinski definition) is 0. The monoisotopic (exact) mass is 320 g/mol. The van der Waals surface area contributed by atoms with Gasteiger partial charge in [-0.05, 0) is 30.7 Å². The SMILES string of the molecule is COc1ccc(C(=O)Oc2cccc(C)c2F)c(OC)c1OC. The van der Waals surface area contributed by atoms with Gasteiger partial charge in [-0.3, -0.25) is 0 Å². The van der Waals surface area contributed by atoms with E-state index >= 15 is 0 Å². The number of carbonyl (C=O) groups is 1. The molecule has 0 saturated heterocycles. The van der Waals surface area contributed by atoms with Crippen LogP contribution in [0, 0.1) is 12.7 Å². The summed E-state index contributed by atoms with van der Waals surface area (Å²) in [5, 5.41) is 0. The Balaban J connectivity index is 2.41. The summed E-state index contributed by atoms with van der Waals surface area (Å²) in [6, 6.07) is 7.59. The topological polar surface area (TPSA) is 54.0 Å². The molecular formula is C17H17FO5. The maximum absolute atomic E-state index is 14.0. The number of carbonyl (C=O) groups excluding carboxylic acids is 1. The molecule has 0 heterocycles. The van der Waals surface area contributed by atoms with Gasteiger partial charge in [-0.25, -0.2) is 9.18 Å². The van der Waals surface area contributed by atoms with Gasteiger partial charge in [0.05, 0.1) is 21.3 Å². The Morgan fingerprint density at radius 3 is 2.22 bits per heavy atom. The lowest BCUT2D eigenvalue weighted by Crippen LogP contribution is -2.12. The van der Waals surface area contributed by atoms with Crippen molar-refractivity contribution in [2.45, 2.75) is 6.92 Å². The molecule has 0 bridgehead atoms. The Kier molecular flexibility index (Phi) is 5.05. The van der Waals surface area contributed by atoms with E-state index in [2.05, 4.69) is 0 Å². The van der Waals surface area contributed by atoms with Crippen molar-refractivity contribution in [3.05, 3.63) is 47.3 Å². The fourth-order valence-corrected chi connectivity index (χ4v) is 2.12. The molecule has 2 aromatic carbocycles. The fourth-order valence-electron chi connectivity index (χ4n) is 2.12. The first kappa shape index (κ1) is 16.6. The van der Waals surface area contributed by atoms with Gasteiger partial charge in [-0.15, -0.1) is 0 Å². The first-order chi connectivity index (χ1) is 11.0. The quantitative estimate of drug-likeness (QED) is 0.624. The zero-order chi connectivity index (χ0) is 17.0. The van der Waals surface area contributed by atoms with Crippen LogP contribution >= 0.6 is 0 Å². The lowest BCUT2D eigenvalue weighted by molar-refractivity contribution is 0.0723. The Morgan fingerprint density at radius 2 is 1.61 bits per heavy atom. The summed E-state index contributed by atoms with van der Waals surface area (Å²) in [5.74, 6) is -0.666. The van der Waals surface area contributed by atoms with E-state index in [1.807, 2.05) is 0 Å². The second kappa shape index (κ2) is 7.00. The first-order valence-electron chi connectivity index (χ1n) is 6.79. The molecule has 0 N–H and O–H groups in total. The van der Waals surface area contributed by atoms with Crippen molar-refractivity contribution in [1.29, 1.82) is 0 Å². The number of esters is 1. The van der Waals surface area contributed by atoms with E-state index in [1.54, 1.807) is 25.1 Å². The zero-order valence-corrected chi connectivity index (χ0v) is 13.3. The average Bonchev–Trinajstić information content (AvgIpc) is 2.57. The molecule has 23 heavy (non-hydrogen) atoms. The minimum absolute atomic E-state index is 0.103. The zero-order valence-electron chi connectivity index (χ0n) is 13.3. The van der Waals surface area contributed by atoms with Crippen LogP contribution in [-0.2, 0) is 0 Å². The lowest BCUT2D eigenvalue weighted by Gasteiger charge is -2.15. The molecule has 122 valence electrons. The van der Waals surface area contributed by atoms with E-state index in [0.29, 0.717) is 11.3 Å². The van der Waals surface area contributed by atoms with Crippen LogP contribution in [0.15, 0.2) is 30.3 Å². The number of methoxy groups -OCH3 is 3. The largest absolute Gasteiger partial charge is 0.493 e. The van der Waals surface area contributed by atoms with Gasteiger partial charge >= 0.3 is 5.97 Å². The van der Waals surface area contributed by atoms with Crippen LogP contribution in [0.1, 0.15) is 15.9 Å². The molecule has 0 aliphatic carbocycles. The molecule has 0 amide bonds. The number of aryl methyl sites for hydroxylation is 1. The molecule has 6 heteroatoms. The molecular weight excluding hydrogens is 303 g/mol. The van der Waals surface area contributed by atoms with Gasteiger partial charge in [0.25, 0.3) is 0 Å². The van der Waals surface area contributed by atoms with E-state index in [0.717, 1.165) is 0 Å². The normalized spacial score (nSPS) is 10.1. The highest BCUT2D eigenvalue weighted by Gasteiger charge is 2.23. The van der Waals surface area contributed by atoms with Gasteiger partial charge < -0.3 is 18.9 Å². The third kappa shape index (κ3) is 3.21. The summed E-state index contributed by atoms with van der Waals surface area (Å²) in [4.78, 5) is 12.4. The first-order valence-corrected chi connectivity index (χ1v) is 6.79. The Bertz CT molecular complexity index is 727. The van der Waals surface area contributed by atoms with Crippen molar-refractivity contribution >= 4 is 5.97 Å². The summed E-state index contributed by atoms with van der Waals surface area (Å²) in [6.45, 7) is 1.59. The van der Waals surface area contributed by atoms with E-state index < -0.39 is 11.8 Å². The van der Waals surface area contributed by atoms with Gasteiger partial charge in [0.15, 0.2) is 23.1 Å². The van der Waals surface area contributed by atoms with Gasteiger partial charge in [0.1, 0.15) is 5.56 Å². The van der Waals surface area contributed by atoms with Gasteiger partial charge in [-0.1, -0.05) is 12.1 Å². The number of rotatable bonds is 5. The van der Waals surface area contributed by atoms with Crippen molar-refractivity contribution in [1.82, 2.24) is 0 Å². The summed E-state index contributed by atoms with van der Waals surface area (Å²) in [5.41, 5.74) is 0.487. The highest BCUT2D eigenvalue weighted by atomic mass is 19.1. The van der Waals surface area contributed by atoms with Gasteiger partial charge in [0.2, 0.25) is 5.75 Å². The van der Waals surface area contributed by atoms with Crippen LogP contribution < -0.4 is 18.9 Å². The molecule has 0 atom stereocenters. The minimum atomic E-state index is -0.757. The fraction of sp³-hybridized carbons (Fsp3) is 0.235. The second-order valence-electron chi connectivity index (χ2n) is 4.66. The van der Waals surface area contributed by atoms with E-state index in [-0.39, 0.29) is 22.8 Å². The van der Waals surface area contributed by atoms with E-state index in [9.17, 15) is 9.18 Å². The molecule has 2 rings (SSSR count). The Morgan fingerprint density at radius 1 is 0.913 bits per heavy atom. The van der Waals surface area contributed by atoms with Crippen LogP contribution in [0.5, 0.6) is 23.0 Å². The van der Waals surface area contributed by atoms with Crippen LogP contribution in [0.4, 0.5) is 4.39 Å². The molecule has 0 saturated carbocycles. The van der Waals surface area contributed by atoms with E-state index in [4.69, 9.17) is 18.9 Å². The highest BCUT2D eigenvalue weighted by Crippen LogP contribution is 2.40. The summed E-state index contributed by atoms with van der Waals surface area (Å²) >= 11 is 0. The lowest BCUT2D eigenvalue weighted by atomic mass is 10.1. The van der Waals surface area contributed by atoms with Crippen LogP contribution in [0.25, 0.3) is 0 Å².